The lowest BCUT2D eigenvalue weighted by atomic mass is 9.70. The normalized spacial score (nSPS) is 12.8. The molecular formula is C68H45N3O2. The quantitative estimate of drug-likeness (QED) is 0.142. The van der Waals surface area contributed by atoms with Crippen molar-refractivity contribution in [2.24, 2.45) is 0 Å². The monoisotopic (exact) mass is 935 g/mol. The first-order valence-corrected chi connectivity index (χ1v) is 24.8. The van der Waals surface area contributed by atoms with E-state index in [2.05, 4.69) is 200 Å². The van der Waals surface area contributed by atoms with Crippen LogP contribution >= 0.6 is 0 Å². The van der Waals surface area contributed by atoms with Gasteiger partial charge in [-0.05, 0) is 121 Å². The Morgan fingerprint density at radius 2 is 0.890 bits per heavy atom. The van der Waals surface area contributed by atoms with Crippen molar-refractivity contribution in [1.29, 1.82) is 0 Å². The molecule has 2 aliphatic carbocycles. The molecule has 5 nitrogen and oxygen atoms in total. The van der Waals surface area contributed by atoms with Crippen LogP contribution in [0.1, 0.15) is 38.9 Å². The predicted octanol–water partition coefficient (Wildman–Crippen LogP) is 16.9. The molecule has 0 saturated heterocycles. The molecule has 0 aliphatic heterocycles. The summed E-state index contributed by atoms with van der Waals surface area (Å²) in [6.07, 6.45) is 4.35. The second kappa shape index (κ2) is 16.9. The average molecular weight is 936 g/mol. The fourth-order valence-electron chi connectivity index (χ4n) is 11.7. The first kappa shape index (κ1) is 42.4. The van der Waals surface area contributed by atoms with E-state index in [4.69, 9.17) is 24.1 Å². The minimum Gasteiger partial charge on any atom is -0.496 e. The highest BCUT2D eigenvalue weighted by atomic mass is 16.5. The summed E-state index contributed by atoms with van der Waals surface area (Å²) in [4.78, 5) is 15.5. The Morgan fingerprint density at radius 1 is 0.384 bits per heavy atom. The third-order valence-corrected chi connectivity index (χ3v) is 15.0. The highest BCUT2D eigenvalue weighted by Gasteiger charge is 2.51. The van der Waals surface area contributed by atoms with Gasteiger partial charge in [0.05, 0.1) is 18.1 Å². The Morgan fingerprint density at radius 3 is 1.59 bits per heavy atom. The van der Waals surface area contributed by atoms with Gasteiger partial charge in [0.1, 0.15) is 16.9 Å². The van der Waals surface area contributed by atoms with Crippen molar-refractivity contribution in [3.63, 3.8) is 0 Å². The predicted molar refractivity (Wildman–Crippen MR) is 297 cm³/mol. The van der Waals surface area contributed by atoms with E-state index in [0.717, 1.165) is 72.2 Å². The number of nitrogens with zero attached hydrogens (tertiary/aromatic N) is 3. The lowest BCUT2D eigenvalue weighted by molar-refractivity contribution is 0.413. The molecule has 12 aromatic rings. The molecule has 2 aliphatic rings. The summed E-state index contributed by atoms with van der Waals surface area (Å²) in [5.74, 6) is 2.38. The summed E-state index contributed by atoms with van der Waals surface area (Å²) in [6, 6.07) is 80.1. The molecule has 14 rings (SSSR count). The van der Waals surface area contributed by atoms with Crippen molar-refractivity contribution in [3.05, 3.63) is 263 Å². The van der Waals surface area contributed by atoms with Crippen LogP contribution in [0.25, 0.3) is 113 Å². The van der Waals surface area contributed by atoms with Crippen LogP contribution in [0.3, 0.4) is 0 Å². The SMILES string of the molecule is COc1c(C)cccc1-c1nc(-c2ccc(-c3ccccc3)cc2)nc(-c2cccc3oc4ccc(C=Cc5ccc(-c6ccc7c(c6)C6(c8ccccc8-c8ccccc86)c6ccccc6-7)cc5)cc4c23)n1. The lowest BCUT2D eigenvalue weighted by Gasteiger charge is -2.30. The smallest absolute Gasteiger partial charge is 0.167 e. The summed E-state index contributed by atoms with van der Waals surface area (Å²) in [5.41, 5.74) is 22.2. The van der Waals surface area contributed by atoms with Crippen LogP contribution < -0.4 is 4.74 Å². The van der Waals surface area contributed by atoms with E-state index in [9.17, 15) is 0 Å². The Bertz CT molecular complexity index is 4130. The van der Waals surface area contributed by atoms with E-state index in [1.54, 1.807) is 7.11 Å². The van der Waals surface area contributed by atoms with Crippen LogP contribution in [0, 0.1) is 6.92 Å². The van der Waals surface area contributed by atoms with E-state index in [1.807, 2.05) is 43.3 Å². The third-order valence-electron chi connectivity index (χ3n) is 15.0. The second-order valence-electron chi connectivity index (χ2n) is 19.0. The maximum absolute atomic E-state index is 6.52. The topological polar surface area (TPSA) is 61.0 Å². The number of benzene rings is 10. The molecule has 2 heterocycles. The zero-order valence-electron chi connectivity index (χ0n) is 40.2. The van der Waals surface area contributed by atoms with Crippen molar-refractivity contribution < 1.29 is 9.15 Å². The number of aryl methyl sites for hydroxylation is 1. The minimum atomic E-state index is -0.372. The van der Waals surface area contributed by atoms with Crippen LogP contribution in [0.2, 0.25) is 0 Å². The molecule has 0 saturated carbocycles. The van der Waals surface area contributed by atoms with Crippen molar-refractivity contribution in [3.8, 4) is 84.4 Å². The van der Waals surface area contributed by atoms with Gasteiger partial charge in [0, 0.05) is 21.9 Å². The maximum atomic E-state index is 6.52. The molecule has 1 spiro atoms. The molecule has 0 N–H and O–H groups in total. The van der Waals surface area contributed by atoms with Gasteiger partial charge < -0.3 is 9.15 Å². The highest BCUT2D eigenvalue weighted by molar-refractivity contribution is 6.12. The van der Waals surface area contributed by atoms with Crippen LogP contribution in [-0.2, 0) is 5.41 Å². The maximum Gasteiger partial charge on any atom is 0.167 e. The first-order chi connectivity index (χ1) is 36.0. The van der Waals surface area contributed by atoms with Gasteiger partial charge in [0.15, 0.2) is 17.5 Å². The fourth-order valence-corrected chi connectivity index (χ4v) is 11.7. The van der Waals surface area contributed by atoms with Gasteiger partial charge in [0.25, 0.3) is 0 Å². The molecule has 0 atom stereocenters. The number of ether oxygens (including phenoxy) is 1. The van der Waals surface area contributed by atoms with Crippen LogP contribution in [0.4, 0.5) is 0 Å². The van der Waals surface area contributed by atoms with Crippen molar-refractivity contribution in [2.45, 2.75) is 12.3 Å². The summed E-state index contributed by atoms with van der Waals surface area (Å²) < 4.78 is 12.5. The molecule has 73 heavy (non-hydrogen) atoms. The summed E-state index contributed by atoms with van der Waals surface area (Å²) in [7, 11) is 1.69. The standard InChI is InChI=1S/C68H45N3O2/c1-42-14-12-21-55(64(42)72-2)67-70-65(48-35-33-46(34-36-48)45-15-4-3-5-16-45)69-66(71-67)54-20-13-25-62-63(54)56-40-44(30-39-61(56)73-62)27-26-43-28-31-47(32-29-43)49-37-38-53-52-19-8-11-24-59(52)68(60(53)41-49)57-22-9-6-17-50(57)51-18-7-10-23-58(51)68/h3-41H,1-2H3. The van der Waals surface area contributed by atoms with Gasteiger partial charge >= 0.3 is 0 Å². The van der Waals surface area contributed by atoms with Gasteiger partial charge in [-0.25, -0.2) is 15.0 Å². The zero-order valence-corrected chi connectivity index (χ0v) is 40.2. The Kier molecular flexibility index (Phi) is 9.80. The fraction of sp³-hybridized carbons (Fsp3) is 0.0441. The molecule has 5 heteroatoms. The molecule has 2 aromatic heterocycles. The summed E-state index contributed by atoms with van der Waals surface area (Å²) in [6.45, 7) is 2.03. The summed E-state index contributed by atoms with van der Waals surface area (Å²) in [5, 5.41) is 1.93. The number of para-hydroxylation sites is 1. The molecular weight excluding hydrogens is 891 g/mol. The average Bonchev–Trinajstić information content (AvgIpc) is 4.09. The lowest BCUT2D eigenvalue weighted by Crippen LogP contribution is -2.25. The van der Waals surface area contributed by atoms with Crippen molar-refractivity contribution in [2.75, 3.05) is 7.11 Å². The molecule has 0 unspecified atom stereocenters. The number of methoxy groups -OCH3 is 1. The summed E-state index contributed by atoms with van der Waals surface area (Å²) >= 11 is 0. The van der Waals surface area contributed by atoms with Crippen molar-refractivity contribution in [1.82, 2.24) is 15.0 Å². The van der Waals surface area contributed by atoms with Gasteiger partial charge in [-0.3, -0.25) is 0 Å². The third kappa shape index (κ3) is 6.73. The molecule has 0 fully saturated rings. The molecule has 0 radical (unpaired) electrons. The second-order valence-corrected chi connectivity index (χ2v) is 19.0. The zero-order chi connectivity index (χ0) is 48.6. The van der Waals surface area contributed by atoms with Crippen LogP contribution in [0.15, 0.2) is 229 Å². The van der Waals surface area contributed by atoms with Crippen LogP contribution in [0.5, 0.6) is 5.75 Å². The Hall–Kier alpha value is -9.45. The van der Waals surface area contributed by atoms with Gasteiger partial charge in [-0.2, -0.15) is 0 Å². The van der Waals surface area contributed by atoms with E-state index >= 15 is 0 Å². The number of aromatic nitrogens is 3. The largest absolute Gasteiger partial charge is 0.496 e. The molecule has 0 bridgehead atoms. The number of furan rings is 1. The van der Waals surface area contributed by atoms with Gasteiger partial charge in [-0.1, -0.05) is 206 Å². The highest BCUT2D eigenvalue weighted by Crippen LogP contribution is 2.63. The van der Waals surface area contributed by atoms with Crippen molar-refractivity contribution >= 4 is 34.1 Å². The number of hydrogen-bond acceptors (Lipinski definition) is 5. The Balaban J connectivity index is 0.813. The number of rotatable bonds is 8. The van der Waals surface area contributed by atoms with E-state index < -0.39 is 0 Å². The van der Waals surface area contributed by atoms with Crippen LogP contribution in [-0.4, -0.2) is 22.1 Å². The van der Waals surface area contributed by atoms with E-state index in [0.29, 0.717) is 17.5 Å². The van der Waals surface area contributed by atoms with Gasteiger partial charge in [-0.15, -0.1) is 0 Å². The number of fused-ring (bicyclic) bond motifs is 13. The minimum absolute atomic E-state index is 0.372. The van der Waals surface area contributed by atoms with E-state index in [1.165, 1.54) is 55.6 Å². The van der Waals surface area contributed by atoms with E-state index in [-0.39, 0.29) is 5.41 Å². The number of hydrogen-bond donors (Lipinski definition) is 0. The molecule has 0 amide bonds. The first-order valence-electron chi connectivity index (χ1n) is 24.8. The molecule has 344 valence electrons. The molecule has 10 aromatic carbocycles. The van der Waals surface area contributed by atoms with Gasteiger partial charge in [0.2, 0.25) is 0 Å². The Labute approximate surface area is 423 Å².